The summed E-state index contributed by atoms with van der Waals surface area (Å²) in [7, 11) is 0. The van der Waals surface area contributed by atoms with Crippen molar-refractivity contribution in [3.63, 3.8) is 0 Å². The number of halogens is 1. The number of non-ortho nitro benzene ring substituents is 1. The third-order valence-corrected chi connectivity index (χ3v) is 4.04. The summed E-state index contributed by atoms with van der Waals surface area (Å²) in [5.41, 5.74) is 1.28. The van der Waals surface area contributed by atoms with E-state index < -0.39 is 0 Å². The second-order valence-electron chi connectivity index (χ2n) is 5.20. The number of nitrogens with zero attached hydrogens (tertiary/aromatic N) is 1. The van der Waals surface area contributed by atoms with E-state index >= 15 is 0 Å². The van der Waals surface area contributed by atoms with Gasteiger partial charge in [-0.15, -0.1) is 0 Å². The first kappa shape index (κ1) is 13.5. The summed E-state index contributed by atoms with van der Waals surface area (Å²) in [5, 5.41) is 14.3. The van der Waals surface area contributed by atoms with Gasteiger partial charge in [-0.3, -0.25) is 10.1 Å². The third kappa shape index (κ3) is 3.29. The maximum atomic E-state index is 10.8. The molecule has 0 radical (unpaired) electrons. The predicted octanol–water partition coefficient (Wildman–Crippen LogP) is 3.78. The number of nitro groups is 1. The summed E-state index contributed by atoms with van der Waals surface area (Å²) < 4.78 is 0.755. The smallest absolute Gasteiger partial charge is 0.270 e. The highest BCUT2D eigenvalue weighted by Crippen LogP contribution is 2.29. The normalized spacial score (nSPS) is 17.9. The molecule has 1 aromatic carbocycles. The molecule has 0 heterocycles. The van der Waals surface area contributed by atoms with Gasteiger partial charge in [0.25, 0.3) is 5.69 Å². The Morgan fingerprint density at radius 2 is 2.06 bits per heavy atom. The number of nitrogens with one attached hydrogen (secondary N) is 1. The molecule has 2 rings (SSSR count). The van der Waals surface area contributed by atoms with Gasteiger partial charge >= 0.3 is 0 Å². The Labute approximate surface area is 115 Å². The second kappa shape index (κ2) is 5.36. The summed E-state index contributed by atoms with van der Waals surface area (Å²) in [4.78, 5) is 10.4. The van der Waals surface area contributed by atoms with E-state index in [1.807, 2.05) is 6.07 Å². The first-order chi connectivity index (χ1) is 8.48. The first-order valence-corrected chi connectivity index (χ1v) is 6.97. The maximum Gasteiger partial charge on any atom is 0.270 e. The zero-order valence-corrected chi connectivity index (χ0v) is 12.0. The van der Waals surface area contributed by atoms with Crippen LogP contribution in [0.4, 0.5) is 5.69 Å². The van der Waals surface area contributed by atoms with Crippen LogP contribution in [0.5, 0.6) is 0 Å². The number of rotatable bonds is 4. The van der Waals surface area contributed by atoms with Crippen molar-refractivity contribution in [2.24, 2.45) is 0 Å². The summed E-state index contributed by atoms with van der Waals surface area (Å²) in [6.07, 6.45) is 4.90. The van der Waals surface area contributed by atoms with Crippen molar-refractivity contribution in [2.75, 3.05) is 0 Å². The molecule has 1 aliphatic carbocycles. The van der Waals surface area contributed by atoms with Crippen LogP contribution in [0.2, 0.25) is 0 Å². The molecule has 5 heteroatoms. The molecule has 0 aromatic heterocycles. The van der Waals surface area contributed by atoms with Crippen molar-refractivity contribution in [1.82, 2.24) is 5.32 Å². The predicted molar refractivity (Wildman–Crippen MR) is 74.5 cm³/mol. The molecule has 98 valence electrons. The van der Waals surface area contributed by atoms with Crippen molar-refractivity contribution >= 4 is 21.6 Å². The highest BCUT2D eigenvalue weighted by atomic mass is 79.9. The van der Waals surface area contributed by atoms with Crippen LogP contribution in [-0.2, 0) is 6.54 Å². The Morgan fingerprint density at radius 1 is 1.39 bits per heavy atom. The lowest BCUT2D eigenvalue weighted by Gasteiger charge is -2.25. The molecule has 1 saturated carbocycles. The van der Waals surface area contributed by atoms with Gasteiger partial charge in [0.2, 0.25) is 0 Å². The summed E-state index contributed by atoms with van der Waals surface area (Å²) in [6, 6.07) is 5.09. The van der Waals surface area contributed by atoms with Crippen molar-refractivity contribution in [3.05, 3.63) is 38.3 Å². The van der Waals surface area contributed by atoms with E-state index in [0.29, 0.717) is 6.54 Å². The van der Waals surface area contributed by atoms with Gasteiger partial charge in [-0.25, -0.2) is 0 Å². The van der Waals surface area contributed by atoms with E-state index in [9.17, 15) is 10.1 Å². The number of hydrogen-bond donors (Lipinski definition) is 1. The molecule has 0 aliphatic heterocycles. The molecule has 0 unspecified atom stereocenters. The minimum atomic E-state index is -0.356. The second-order valence-corrected chi connectivity index (χ2v) is 6.11. The molecule has 0 amide bonds. The molecule has 0 saturated heterocycles. The Morgan fingerprint density at radius 3 is 2.67 bits per heavy atom. The van der Waals surface area contributed by atoms with E-state index in [-0.39, 0.29) is 16.1 Å². The molecule has 1 aliphatic rings. The fourth-order valence-corrected chi connectivity index (χ4v) is 3.02. The Bertz CT molecular complexity index is 456. The molecule has 1 N–H and O–H groups in total. The standard InChI is InChI=1S/C13H17BrN2O2/c1-13(4-2-3-5-13)15-9-10-6-11(14)8-12(7-10)16(17)18/h6-8,15H,2-5,9H2,1H3. The van der Waals surface area contributed by atoms with Crippen molar-refractivity contribution in [3.8, 4) is 0 Å². The first-order valence-electron chi connectivity index (χ1n) is 6.17. The van der Waals surface area contributed by atoms with E-state index in [4.69, 9.17) is 0 Å². The highest BCUT2D eigenvalue weighted by Gasteiger charge is 2.27. The molecule has 18 heavy (non-hydrogen) atoms. The molecule has 1 fully saturated rings. The van der Waals surface area contributed by atoms with Crippen LogP contribution in [-0.4, -0.2) is 10.5 Å². The van der Waals surface area contributed by atoms with Crippen LogP contribution < -0.4 is 5.32 Å². The van der Waals surface area contributed by atoms with Crippen LogP contribution in [0.15, 0.2) is 22.7 Å². The molecular formula is C13H17BrN2O2. The Hall–Kier alpha value is -0.940. The van der Waals surface area contributed by atoms with Crippen molar-refractivity contribution < 1.29 is 4.92 Å². The average molecular weight is 313 g/mol. The van der Waals surface area contributed by atoms with Gasteiger partial charge in [0.15, 0.2) is 0 Å². The van der Waals surface area contributed by atoms with Gasteiger partial charge in [-0.05, 0) is 31.4 Å². The van der Waals surface area contributed by atoms with Crippen LogP contribution in [0, 0.1) is 10.1 Å². The summed E-state index contributed by atoms with van der Waals surface area (Å²) in [6.45, 7) is 2.91. The maximum absolute atomic E-state index is 10.8. The van der Waals surface area contributed by atoms with E-state index in [2.05, 4.69) is 28.2 Å². The largest absolute Gasteiger partial charge is 0.307 e. The molecule has 1 aromatic rings. The minimum Gasteiger partial charge on any atom is -0.307 e. The minimum absolute atomic E-state index is 0.137. The highest BCUT2D eigenvalue weighted by molar-refractivity contribution is 9.10. The van der Waals surface area contributed by atoms with Crippen LogP contribution in [0.1, 0.15) is 38.2 Å². The third-order valence-electron chi connectivity index (χ3n) is 3.58. The fraction of sp³-hybridized carbons (Fsp3) is 0.538. The van der Waals surface area contributed by atoms with Gasteiger partial charge in [0.05, 0.1) is 4.92 Å². The molecule has 0 bridgehead atoms. The topological polar surface area (TPSA) is 55.2 Å². The number of nitro benzene ring substituents is 1. The molecule has 0 atom stereocenters. The van der Waals surface area contributed by atoms with E-state index in [0.717, 1.165) is 10.0 Å². The van der Waals surface area contributed by atoms with E-state index in [1.54, 1.807) is 6.07 Å². The molecular weight excluding hydrogens is 296 g/mol. The fourth-order valence-electron chi connectivity index (χ4n) is 2.49. The Balaban J connectivity index is 2.07. The van der Waals surface area contributed by atoms with Crippen LogP contribution in [0.3, 0.4) is 0 Å². The zero-order valence-electron chi connectivity index (χ0n) is 10.4. The average Bonchev–Trinajstić information content (AvgIpc) is 2.73. The molecule has 4 nitrogen and oxygen atoms in total. The number of hydrogen-bond acceptors (Lipinski definition) is 3. The van der Waals surface area contributed by atoms with E-state index in [1.165, 1.54) is 31.7 Å². The zero-order chi connectivity index (χ0) is 13.2. The van der Waals surface area contributed by atoms with Gasteiger partial charge in [0, 0.05) is 28.7 Å². The lowest BCUT2D eigenvalue weighted by molar-refractivity contribution is -0.385. The lowest BCUT2D eigenvalue weighted by Crippen LogP contribution is -2.38. The summed E-state index contributed by atoms with van der Waals surface area (Å²) in [5.74, 6) is 0. The van der Waals surface area contributed by atoms with Gasteiger partial charge < -0.3 is 5.32 Å². The SMILES string of the molecule is CC1(NCc2cc(Br)cc([N+](=O)[O-])c2)CCCC1. The van der Waals surface area contributed by atoms with Crippen LogP contribution >= 0.6 is 15.9 Å². The number of benzene rings is 1. The molecule has 0 spiro atoms. The Kier molecular flexibility index (Phi) is 4.02. The van der Waals surface area contributed by atoms with Gasteiger partial charge in [-0.2, -0.15) is 0 Å². The quantitative estimate of drug-likeness (QED) is 0.680. The lowest BCUT2D eigenvalue weighted by atomic mass is 10.0. The van der Waals surface area contributed by atoms with Crippen LogP contribution in [0.25, 0.3) is 0 Å². The summed E-state index contributed by atoms with van der Waals surface area (Å²) >= 11 is 3.32. The van der Waals surface area contributed by atoms with Gasteiger partial charge in [-0.1, -0.05) is 28.8 Å². The van der Waals surface area contributed by atoms with Crippen molar-refractivity contribution in [2.45, 2.75) is 44.7 Å². The monoisotopic (exact) mass is 312 g/mol. The van der Waals surface area contributed by atoms with Gasteiger partial charge in [0.1, 0.15) is 0 Å². The van der Waals surface area contributed by atoms with Crippen molar-refractivity contribution in [1.29, 1.82) is 0 Å².